The van der Waals surface area contributed by atoms with Crippen LogP contribution in [0.25, 0.3) is 0 Å². The van der Waals surface area contributed by atoms with E-state index < -0.39 is 11.9 Å². The Morgan fingerprint density at radius 1 is 0.647 bits per heavy atom. The number of hydrogen-bond donors (Lipinski definition) is 2. The number of methoxy groups -OCH3 is 2. The van der Waals surface area contributed by atoms with E-state index in [-0.39, 0.29) is 5.91 Å². The lowest BCUT2D eigenvalue weighted by atomic mass is 10.1. The van der Waals surface area contributed by atoms with Crippen molar-refractivity contribution in [3.63, 3.8) is 0 Å². The van der Waals surface area contributed by atoms with Gasteiger partial charge in [-0.05, 0) is 59.7 Å². The van der Waals surface area contributed by atoms with Gasteiger partial charge < -0.3 is 9.47 Å². The van der Waals surface area contributed by atoms with Crippen molar-refractivity contribution in [2.75, 3.05) is 19.6 Å². The second kappa shape index (κ2) is 11.7. The van der Waals surface area contributed by atoms with Crippen LogP contribution in [0.2, 0.25) is 0 Å². The Bertz CT molecular complexity index is 1200. The topological polar surface area (TPSA) is 118 Å². The number of rotatable bonds is 8. The van der Waals surface area contributed by atoms with Crippen LogP contribution in [0.1, 0.15) is 42.2 Å². The molecule has 0 aromatic heterocycles. The van der Waals surface area contributed by atoms with E-state index in [4.69, 9.17) is 0 Å². The minimum absolute atomic E-state index is 0.372. The van der Waals surface area contributed by atoms with Gasteiger partial charge in [-0.15, -0.1) is 0 Å². The van der Waals surface area contributed by atoms with Gasteiger partial charge in [-0.3, -0.25) is 10.2 Å². The largest absolute Gasteiger partial charge is 0.465 e. The number of carbonyl (C=O) groups is 3. The average molecular weight is 458 g/mol. The molecule has 0 saturated carbocycles. The number of hydrogen-bond acceptors (Lipinski definition) is 8. The van der Waals surface area contributed by atoms with Crippen molar-refractivity contribution in [2.45, 2.75) is 0 Å². The highest BCUT2D eigenvalue weighted by Gasteiger charge is 2.06. The minimum Gasteiger partial charge on any atom is -0.465 e. The molecule has 9 nitrogen and oxygen atoms in total. The number of benzene rings is 3. The van der Waals surface area contributed by atoms with Crippen LogP contribution < -0.4 is 10.9 Å². The van der Waals surface area contributed by atoms with Gasteiger partial charge in [0.25, 0.3) is 5.91 Å². The first-order chi connectivity index (χ1) is 16.5. The molecule has 0 radical (unpaired) electrons. The first kappa shape index (κ1) is 23.9. The lowest BCUT2D eigenvalue weighted by Gasteiger charge is -2.03. The van der Waals surface area contributed by atoms with Crippen LogP contribution in [0, 0.1) is 0 Å². The molecule has 34 heavy (non-hydrogen) atoms. The van der Waals surface area contributed by atoms with E-state index in [1.807, 2.05) is 0 Å². The van der Waals surface area contributed by atoms with E-state index in [1.165, 1.54) is 20.4 Å². The van der Waals surface area contributed by atoms with Gasteiger partial charge in [0.2, 0.25) is 0 Å². The van der Waals surface area contributed by atoms with Crippen LogP contribution in [0.15, 0.2) is 83.0 Å². The van der Waals surface area contributed by atoms with Crippen LogP contribution in [0.5, 0.6) is 0 Å². The zero-order chi connectivity index (χ0) is 24.3. The van der Waals surface area contributed by atoms with E-state index >= 15 is 0 Å². The van der Waals surface area contributed by atoms with Crippen LogP contribution in [0.4, 0.5) is 5.69 Å². The van der Waals surface area contributed by atoms with Crippen molar-refractivity contribution in [3.8, 4) is 0 Å². The maximum absolute atomic E-state index is 12.3. The van der Waals surface area contributed by atoms with Crippen molar-refractivity contribution in [2.24, 2.45) is 10.2 Å². The first-order valence-electron chi connectivity index (χ1n) is 10.1. The van der Waals surface area contributed by atoms with Gasteiger partial charge in [0.15, 0.2) is 0 Å². The summed E-state index contributed by atoms with van der Waals surface area (Å²) in [5, 5.41) is 8.07. The maximum atomic E-state index is 12.3. The molecule has 172 valence electrons. The number of esters is 2. The van der Waals surface area contributed by atoms with Gasteiger partial charge in [0.05, 0.1) is 43.5 Å². The third kappa shape index (κ3) is 6.60. The molecule has 0 aliphatic carbocycles. The van der Waals surface area contributed by atoms with Gasteiger partial charge in [-0.25, -0.2) is 15.0 Å². The second-order valence-corrected chi connectivity index (χ2v) is 6.87. The predicted molar refractivity (Wildman–Crippen MR) is 128 cm³/mol. The van der Waals surface area contributed by atoms with Gasteiger partial charge in [-0.1, -0.05) is 24.3 Å². The Morgan fingerprint density at radius 3 is 1.56 bits per heavy atom. The van der Waals surface area contributed by atoms with Crippen LogP contribution in [-0.2, 0) is 9.47 Å². The summed E-state index contributed by atoms with van der Waals surface area (Å²) in [4.78, 5) is 35.1. The van der Waals surface area contributed by atoms with E-state index in [2.05, 4.69) is 30.5 Å². The molecule has 3 rings (SSSR count). The molecule has 0 spiro atoms. The number of nitrogens with zero attached hydrogens (tertiary/aromatic N) is 2. The normalized spacial score (nSPS) is 10.8. The van der Waals surface area contributed by atoms with Crippen molar-refractivity contribution in [3.05, 3.63) is 101 Å². The summed E-state index contributed by atoms with van der Waals surface area (Å²) in [5.74, 6) is -1.19. The Hall–Kier alpha value is -4.79. The van der Waals surface area contributed by atoms with Crippen LogP contribution in [0.3, 0.4) is 0 Å². The lowest BCUT2D eigenvalue weighted by Crippen LogP contribution is -2.17. The van der Waals surface area contributed by atoms with Gasteiger partial charge in [0, 0.05) is 5.56 Å². The van der Waals surface area contributed by atoms with Gasteiger partial charge in [-0.2, -0.15) is 10.2 Å². The highest BCUT2D eigenvalue weighted by Crippen LogP contribution is 2.10. The maximum Gasteiger partial charge on any atom is 0.337 e. The first-order valence-corrected chi connectivity index (χ1v) is 10.1. The molecule has 0 aliphatic heterocycles. The summed E-state index contributed by atoms with van der Waals surface area (Å²) < 4.78 is 9.31. The third-order valence-electron chi connectivity index (χ3n) is 4.60. The third-order valence-corrected chi connectivity index (χ3v) is 4.60. The van der Waals surface area contributed by atoms with E-state index in [1.54, 1.807) is 79.0 Å². The fourth-order valence-electron chi connectivity index (χ4n) is 2.75. The zero-order valence-corrected chi connectivity index (χ0v) is 18.5. The number of anilines is 1. The Morgan fingerprint density at radius 2 is 1.09 bits per heavy atom. The molecule has 1 amide bonds. The molecule has 0 heterocycles. The smallest absolute Gasteiger partial charge is 0.337 e. The molecule has 3 aromatic carbocycles. The SMILES string of the molecule is COC(=O)c1ccc(C=NNC(=O)c2ccc(NN=Cc3ccc(C(=O)OC)cc3)cc2)cc1. The summed E-state index contributed by atoms with van der Waals surface area (Å²) in [6, 6.07) is 20.1. The quantitative estimate of drug-likeness (QED) is 0.303. The fourth-order valence-corrected chi connectivity index (χ4v) is 2.75. The summed E-state index contributed by atoms with van der Waals surface area (Å²) in [6.45, 7) is 0. The molecule has 3 aromatic rings. The standard InChI is InChI=1S/C25H22N4O5/c1-33-24(31)20-7-3-17(4-8-20)15-26-28-22-13-11-19(12-14-22)23(30)29-27-16-18-5-9-21(10-6-18)25(32)34-2/h3-16,28H,1-2H3,(H,29,30). The van der Waals surface area contributed by atoms with Crippen molar-refractivity contribution in [1.29, 1.82) is 0 Å². The molecule has 2 N–H and O–H groups in total. The number of hydrazone groups is 2. The number of amides is 1. The van der Waals surface area contributed by atoms with Crippen molar-refractivity contribution < 1.29 is 23.9 Å². The fraction of sp³-hybridized carbons (Fsp3) is 0.0800. The van der Waals surface area contributed by atoms with Crippen LogP contribution in [-0.4, -0.2) is 44.5 Å². The van der Waals surface area contributed by atoms with Crippen molar-refractivity contribution in [1.82, 2.24) is 5.43 Å². The number of ether oxygens (including phenoxy) is 2. The Labute approximate surface area is 196 Å². The molecular formula is C25H22N4O5. The Kier molecular flexibility index (Phi) is 8.23. The monoisotopic (exact) mass is 458 g/mol. The molecule has 0 bridgehead atoms. The second-order valence-electron chi connectivity index (χ2n) is 6.87. The summed E-state index contributed by atoms with van der Waals surface area (Å²) >= 11 is 0. The molecule has 0 fully saturated rings. The highest BCUT2D eigenvalue weighted by atomic mass is 16.5. The predicted octanol–water partition coefficient (Wildman–Crippen LogP) is 3.47. The molecule has 0 unspecified atom stereocenters. The molecule has 0 saturated heterocycles. The molecule has 0 aliphatic rings. The lowest BCUT2D eigenvalue weighted by molar-refractivity contribution is 0.0592. The van der Waals surface area contributed by atoms with Gasteiger partial charge in [0.1, 0.15) is 0 Å². The molecular weight excluding hydrogens is 436 g/mol. The van der Waals surface area contributed by atoms with E-state index in [9.17, 15) is 14.4 Å². The van der Waals surface area contributed by atoms with E-state index in [0.717, 1.165) is 5.56 Å². The Balaban J connectivity index is 1.50. The van der Waals surface area contributed by atoms with Crippen LogP contribution >= 0.6 is 0 Å². The average Bonchev–Trinajstić information content (AvgIpc) is 2.89. The number of carbonyl (C=O) groups excluding carboxylic acids is 3. The minimum atomic E-state index is -0.422. The summed E-state index contributed by atoms with van der Waals surface area (Å²) in [5.41, 5.74) is 8.84. The summed E-state index contributed by atoms with van der Waals surface area (Å²) in [7, 11) is 2.65. The van der Waals surface area contributed by atoms with Gasteiger partial charge >= 0.3 is 11.9 Å². The molecule has 0 atom stereocenters. The number of nitrogens with one attached hydrogen (secondary N) is 2. The molecule has 9 heteroatoms. The van der Waals surface area contributed by atoms with Crippen molar-refractivity contribution >= 4 is 36.0 Å². The summed E-state index contributed by atoms with van der Waals surface area (Å²) in [6.07, 6.45) is 3.08. The highest BCUT2D eigenvalue weighted by molar-refractivity contribution is 5.95. The van der Waals surface area contributed by atoms with E-state index in [0.29, 0.717) is 27.9 Å². The zero-order valence-electron chi connectivity index (χ0n) is 18.5.